The highest BCUT2D eigenvalue weighted by Crippen LogP contribution is 2.28. The summed E-state index contributed by atoms with van der Waals surface area (Å²) >= 11 is 0. The summed E-state index contributed by atoms with van der Waals surface area (Å²) in [4.78, 5) is 0. The van der Waals surface area contributed by atoms with Gasteiger partial charge < -0.3 is 10.1 Å². The molecule has 2 heteroatoms. The van der Waals surface area contributed by atoms with E-state index in [0.717, 1.165) is 31.7 Å². The molecule has 2 nitrogen and oxygen atoms in total. The smallest absolute Gasteiger partial charge is 0.126 e. The Balaban J connectivity index is 2.16. The van der Waals surface area contributed by atoms with Crippen LogP contribution in [0.2, 0.25) is 0 Å². The summed E-state index contributed by atoms with van der Waals surface area (Å²) < 4.78 is 5.75. The third kappa shape index (κ3) is 2.51. The van der Waals surface area contributed by atoms with Gasteiger partial charge in [-0.15, -0.1) is 0 Å². The van der Waals surface area contributed by atoms with E-state index in [-0.39, 0.29) is 0 Å². The average molecular weight is 205 g/mol. The van der Waals surface area contributed by atoms with Crippen LogP contribution in [-0.2, 0) is 13.0 Å². The van der Waals surface area contributed by atoms with Crippen LogP contribution in [0.15, 0.2) is 18.2 Å². The third-order valence-corrected chi connectivity index (χ3v) is 2.72. The number of para-hydroxylation sites is 1. The molecule has 0 spiro atoms. The Bertz CT molecular complexity index is 333. The molecule has 0 bridgehead atoms. The van der Waals surface area contributed by atoms with Crippen LogP contribution in [0.4, 0.5) is 0 Å². The zero-order chi connectivity index (χ0) is 10.7. The van der Waals surface area contributed by atoms with Crippen LogP contribution < -0.4 is 10.1 Å². The maximum Gasteiger partial charge on any atom is 0.126 e. The van der Waals surface area contributed by atoms with Crippen molar-refractivity contribution in [3.8, 4) is 5.75 Å². The Morgan fingerprint density at radius 1 is 1.40 bits per heavy atom. The highest BCUT2D eigenvalue weighted by molar-refractivity contribution is 5.42. The summed E-state index contributed by atoms with van der Waals surface area (Å²) in [6.07, 6.45) is 2.30. The molecule has 1 heterocycles. The quantitative estimate of drug-likeness (QED) is 0.818. The molecule has 0 saturated carbocycles. The maximum absolute atomic E-state index is 5.75. The summed E-state index contributed by atoms with van der Waals surface area (Å²) in [5.74, 6) is 1.12. The predicted octanol–water partition coefficient (Wildman–Crippen LogP) is 2.51. The minimum atomic E-state index is 0.518. The number of hydrogen-bond acceptors (Lipinski definition) is 2. The number of rotatable bonds is 3. The second kappa shape index (κ2) is 4.67. The average Bonchev–Trinajstić information content (AvgIpc) is 2.26. The van der Waals surface area contributed by atoms with E-state index in [1.54, 1.807) is 0 Å². The molecule has 1 aromatic carbocycles. The lowest BCUT2D eigenvalue weighted by Gasteiger charge is -2.21. The van der Waals surface area contributed by atoms with Gasteiger partial charge in [0, 0.05) is 18.2 Å². The fourth-order valence-corrected chi connectivity index (χ4v) is 1.91. The summed E-state index contributed by atoms with van der Waals surface area (Å²) in [5.41, 5.74) is 2.66. The van der Waals surface area contributed by atoms with Crippen LogP contribution in [0.3, 0.4) is 0 Å². The molecule has 0 unspecified atom stereocenters. The molecule has 0 saturated heterocycles. The van der Waals surface area contributed by atoms with Gasteiger partial charge in [0.1, 0.15) is 5.75 Å². The third-order valence-electron chi connectivity index (χ3n) is 2.72. The Labute approximate surface area is 91.6 Å². The summed E-state index contributed by atoms with van der Waals surface area (Å²) in [6, 6.07) is 6.97. The van der Waals surface area contributed by atoms with E-state index in [4.69, 9.17) is 4.74 Å². The van der Waals surface area contributed by atoms with Crippen LogP contribution in [-0.4, -0.2) is 12.6 Å². The summed E-state index contributed by atoms with van der Waals surface area (Å²) in [7, 11) is 0. The monoisotopic (exact) mass is 205 g/mol. The molecule has 1 aromatic rings. The Morgan fingerprint density at radius 3 is 3.07 bits per heavy atom. The number of fused-ring (bicyclic) bond motifs is 1. The van der Waals surface area contributed by atoms with E-state index in [9.17, 15) is 0 Å². The molecule has 0 atom stereocenters. The zero-order valence-electron chi connectivity index (χ0n) is 9.55. The lowest BCUT2D eigenvalue weighted by atomic mass is 10.0. The van der Waals surface area contributed by atoms with Crippen molar-refractivity contribution in [2.45, 2.75) is 39.3 Å². The van der Waals surface area contributed by atoms with Gasteiger partial charge in [-0.25, -0.2) is 0 Å². The molecule has 1 N–H and O–H groups in total. The lowest BCUT2D eigenvalue weighted by molar-refractivity contribution is 0.284. The first-order valence-electron chi connectivity index (χ1n) is 5.74. The van der Waals surface area contributed by atoms with Crippen molar-refractivity contribution in [1.82, 2.24) is 5.32 Å². The normalized spacial score (nSPS) is 14.9. The van der Waals surface area contributed by atoms with Gasteiger partial charge in [-0.1, -0.05) is 32.0 Å². The zero-order valence-corrected chi connectivity index (χ0v) is 9.55. The first-order valence-corrected chi connectivity index (χ1v) is 5.74. The van der Waals surface area contributed by atoms with Gasteiger partial charge in [0.05, 0.1) is 6.61 Å². The van der Waals surface area contributed by atoms with Gasteiger partial charge in [0.2, 0.25) is 0 Å². The molecule has 0 aromatic heterocycles. The van der Waals surface area contributed by atoms with Crippen LogP contribution in [0.25, 0.3) is 0 Å². The molecular formula is C13H19NO. The fraction of sp³-hybridized carbons (Fsp3) is 0.538. The van der Waals surface area contributed by atoms with Gasteiger partial charge in [-0.3, -0.25) is 0 Å². The van der Waals surface area contributed by atoms with Crippen LogP contribution >= 0.6 is 0 Å². The highest BCUT2D eigenvalue weighted by atomic mass is 16.5. The SMILES string of the molecule is CC(C)NCc1cccc2c1OCCC2. The van der Waals surface area contributed by atoms with Gasteiger partial charge in [0.25, 0.3) is 0 Å². The van der Waals surface area contributed by atoms with Gasteiger partial charge in [0.15, 0.2) is 0 Å². The largest absolute Gasteiger partial charge is 0.493 e. The van der Waals surface area contributed by atoms with E-state index in [2.05, 4.69) is 37.4 Å². The minimum absolute atomic E-state index is 0.518. The van der Waals surface area contributed by atoms with Gasteiger partial charge >= 0.3 is 0 Å². The molecule has 2 rings (SSSR count). The van der Waals surface area contributed by atoms with Gasteiger partial charge in [-0.2, -0.15) is 0 Å². The topological polar surface area (TPSA) is 21.3 Å². The van der Waals surface area contributed by atoms with Crippen LogP contribution in [0.1, 0.15) is 31.4 Å². The first kappa shape index (κ1) is 10.5. The van der Waals surface area contributed by atoms with E-state index >= 15 is 0 Å². The van der Waals surface area contributed by atoms with Crippen molar-refractivity contribution in [3.63, 3.8) is 0 Å². The van der Waals surface area contributed by atoms with E-state index in [0.29, 0.717) is 6.04 Å². The van der Waals surface area contributed by atoms with E-state index in [1.807, 2.05) is 0 Å². The fourth-order valence-electron chi connectivity index (χ4n) is 1.91. The van der Waals surface area contributed by atoms with Crippen LogP contribution in [0.5, 0.6) is 5.75 Å². The Hall–Kier alpha value is -1.02. The first-order chi connectivity index (χ1) is 7.27. The van der Waals surface area contributed by atoms with Crippen molar-refractivity contribution < 1.29 is 4.74 Å². The number of aryl methyl sites for hydroxylation is 1. The van der Waals surface area contributed by atoms with Crippen molar-refractivity contribution in [1.29, 1.82) is 0 Å². The molecule has 1 aliphatic heterocycles. The molecule has 0 amide bonds. The lowest BCUT2D eigenvalue weighted by Crippen LogP contribution is -2.23. The minimum Gasteiger partial charge on any atom is -0.493 e. The molecule has 0 aliphatic carbocycles. The summed E-state index contributed by atoms with van der Waals surface area (Å²) in [5, 5.41) is 3.43. The number of nitrogens with one attached hydrogen (secondary N) is 1. The number of hydrogen-bond donors (Lipinski definition) is 1. The molecule has 0 fully saturated rings. The van der Waals surface area contributed by atoms with Crippen molar-refractivity contribution in [2.75, 3.05) is 6.61 Å². The molecule has 82 valence electrons. The van der Waals surface area contributed by atoms with Crippen LogP contribution in [0, 0.1) is 0 Å². The molecular weight excluding hydrogens is 186 g/mol. The molecule has 15 heavy (non-hydrogen) atoms. The standard InChI is InChI=1S/C13H19NO/c1-10(2)14-9-12-6-3-5-11-7-4-8-15-13(11)12/h3,5-6,10,14H,4,7-9H2,1-2H3. The Morgan fingerprint density at radius 2 is 2.27 bits per heavy atom. The maximum atomic E-state index is 5.75. The van der Waals surface area contributed by atoms with Crippen molar-refractivity contribution >= 4 is 0 Å². The van der Waals surface area contributed by atoms with E-state index in [1.165, 1.54) is 11.1 Å². The molecule has 1 aliphatic rings. The number of benzene rings is 1. The summed E-state index contributed by atoms with van der Waals surface area (Å²) in [6.45, 7) is 6.10. The van der Waals surface area contributed by atoms with Crippen molar-refractivity contribution in [2.24, 2.45) is 0 Å². The highest BCUT2D eigenvalue weighted by Gasteiger charge is 2.13. The predicted molar refractivity (Wildman–Crippen MR) is 62.2 cm³/mol. The van der Waals surface area contributed by atoms with E-state index < -0.39 is 0 Å². The second-order valence-corrected chi connectivity index (χ2v) is 4.39. The Kier molecular flexibility index (Phi) is 3.27. The van der Waals surface area contributed by atoms with Crippen molar-refractivity contribution in [3.05, 3.63) is 29.3 Å². The van der Waals surface area contributed by atoms with Gasteiger partial charge in [-0.05, 0) is 18.4 Å². The second-order valence-electron chi connectivity index (χ2n) is 4.39. The molecule has 0 radical (unpaired) electrons. The number of ether oxygens (including phenoxy) is 1.